The van der Waals surface area contributed by atoms with Crippen LogP contribution in [0.3, 0.4) is 0 Å². The fourth-order valence-electron chi connectivity index (χ4n) is 0.661. The minimum absolute atomic E-state index is 0. The molecular formula is C7H16F3O4P. The van der Waals surface area contributed by atoms with Gasteiger partial charge in [0.25, 0.3) is 5.85 Å². The number of halogens is 3. The third-order valence-electron chi connectivity index (χ3n) is 1.05. The van der Waals surface area contributed by atoms with E-state index in [0.29, 0.717) is 0 Å². The highest BCUT2D eigenvalue weighted by Gasteiger charge is 2.53. The van der Waals surface area contributed by atoms with Crippen LogP contribution in [-0.4, -0.2) is 27.4 Å². The van der Waals surface area contributed by atoms with Gasteiger partial charge in [0, 0.05) is 0 Å². The second-order valence-corrected chi connectivity index (χ2v) is 5.36. The largest absolute Gasteiger partial charge is 0.426 e. The Morgan fingerprint density at radius 2 is 1.53 bits per heavy atom. The first-order chi connectivity index (χ1) is 5.84. The van der Waals surface area contributed by atoms with Crippen LogP contribution in [-0.2, 0) is 9.30 Å². The van der Waals surface area contributed by atoms with Gasteiger partial charge in [-0.05, 0) is 20.8 Å². The van der Waals surface area contributed by atoms with Crippen molar-refractivity contribution in [3.63, 3.8) is 0 Å². The van der Waals surface area contributed by atoms with Gasteiger partial charge in [-0.25, -0.2) is 0 Å². The van der Waals surface area contributed by atoms with E-state index in [1.807, 2.05) is 0 Å². The van der Waals surface area contributed by atoms with Crippen molar-refractivity contribution in [2.75, 3.05) is 0 Å². The maximum absolute atomic E-state index is 12.1. The lowest BCUT2D eigenvalue weighted by Gasteiger charge is -2.29. The van der Waals surface area contributed by atoms with E-state index in [2.05, 4.69) is 4.74 Å². The summed E-state index contributed by atoms with van der Waals surface area (Å²) in [5, 5.41) is 0. The molecule has 0 radical (unpaired) electrons. The molecular weight excluding hydrogens is 236 g/mol. The molecule has 0 heterocycles. The minimum atomic E-state index is -5.34. The summed E-state index contributed by atoms with van der Waals surface area (Å²) in [7, 11) is -5.34. The van der Waals surface area contributed by atoms with E-state index in [4.69, 9.17) is 9.79 Å². The zero-order valence-electron chi connectivity index (χ0n) is 7.87. The molecule has 0 rings (SSSR count). The molecule has 0 amide bonds. The fourth-order valence-corrected chi connectivity index (χ4v) is 1.50. The molecule has 0 spiro atoms. The molecule has 0 aromatic heterocycles. The highest BCUT2D eigenvalue weighted by atomic mass is 31.2. The Bertz CT molecular complexity index is 240. The zero-order chi connectivity index (χ0) is 11.8. The molecule has 1 unspecified atom stereocenters. The van der Waals surface area contributed by atoms with E-state index in [0.717, 1.165) is 0 Å². The summed E-state index contributed by atoms with van der Waals surface area (Å²) in [6.45, 7) is 3.84. The number of hydrogen-bond acceptors (Lipinski definition) is 2. The summed E-state index contributed by atoms with van der Waals surface area (Å²) >= 11 is 0. The molecule has 0 aromatic rings. The quantitative estimate of drug-likeness (QED) is 0.741. The third kappa shape index (κ3) is 6.89. The lowest BCUT2D eigenvalue weighted by Crippen LogP contribution is -2.38. The Labute approximate surface area is 86.6 Å². The Kier molecular flexibility index (Phi) is 5.56. The Morgan fingerprint density at radius 1 is 1.20 bits per heavy atom. The number of hydrogen-bond donors (Lipinski definition) is 2. The van der Waals surface area contributed by atoms with Crippen molar-refractivity contribution >= 4 is 7.60 Å². The van der Waals surface area contributed by atoms with Crippen LogP contribution < -0.4 is 0 Å². The summed E-state index contributed by atoms with van der Waals surface area (Å²) in [6.07, 6.45) is -5.08. The van der Waals surface area contributed by atoms with Crippen molar-refractivity contribution in [1.29, 1.82) is 0 Å². The third-order valence-corrected chi connectivity index (χ3v) is 2.06. The van der Waals surface area contributed by atoms with Crippen LogP contribution in [0.15, 0.2) is 0 Å². The average Bonchev–Trinajstić information content (AvgIpc) is 1.75. The van der Waals surface area contributed by atoms with E-state index < -0.39 is 25.2 Å². The number of ether oxygens (including phenoxy) is 1. The van der Waals surface area contributed by atoms with Crippen molar-refractivity contribution in [3.05, 3.63) is 0 Å². The van der Waals surface area contributed by atoms with Gasteiger partial charge in [0.05, 0.1) is 5.60 Å². The monoisotopic (exact) mass is 252 g/mol. The van der Waals surface area contributed by atoms with E-state index >= 15 is 0 Å². The van der Waals surface area contributed by atoms with Gasteiger partial charge in [-0.2, -0.15) is 13.2 Å². The van der Waals surface area contributed by atoms with Gasteiger partial charge in [0.2, 0.25) is 0 Å². The molecule has 0 aliphatic rings. The van der Waals surface area contributed by atoms with Crippen molar-refractivity contribution < 1.29 is 32.3 Å². The van der Waals surface area contributed by atoms with Gasteiger partial charge >= 0.3 is 13.8 Å². The molecule has 4 nitrogen and oxygen atoms in total. The highest BCUT2D eigenvalue weighted by molar-refractivity contribution is 7.52. The molecule has 0 aromatic carbocycles. The lowest BCUT2D eigenvalue weighted by molar-refractivity contribution is -0.220. The zero-order valence-corrected chi connectivity index (χ0v) is 8.76. The molecule has 2 N–H and O–H groups in total. The summed E-state index contributed by atoms with van der Waals surface area (Å²) in [5.74, 6) is -3.06. The highest BCUT2D eigenvalue weighted by Crippen LogP contribution is 2.50. The van der Waals surface area contributed by atoms with E-state index in [-0.39, 0.29) is 7.43 Å². The molecule has 1 atom stereocenters. The fraction of sp³-hybridized carbons (Fsp3) is 1.00. The Hall–Kier alpha value is -0.100. The van der Waals surface area contributed by atoms with Crippen LogP contribution in [0, 0.1) is 0 Å². The predicted molar refractivity (Wildman–Crippen MR) is 49.5 cm³/mol. The topological polar surface area (TPSA) is 66.8 Å². The summed E-state index contributed by atoms with van der Waals surface area (Å²) < 4.78 is 51.2. The summed E-state index contributed by atoms with van der Waals surface area (Å²) in [6, 6.07) is 0. The molecule has 0 saturated carbocycles. The van der Waals surface area contributed by atoms with Crippen LogP contribution in [0.4, 0.5) is 13.2 Å². The first-order valence-electron chi connectivity index (χ1n) is 3.64. The second-order valence-electron chi connectivity index (χ2n) is 3.71. The van der Waals surface area contributed by atoms with Gasteiger partial charge in [0.1, 0.15) is 0 Å². The van der Waals surface area contributed by atoms with E-state index in [1.54, 1.807) is 0 Å². The van der Waals surface area contributed by atoms with Crippen LogP contribution >= 0.6 is 7.60 Å². The van der Waals surface area contributed by atoms with Crippen molar-refractivity contribution in [1.82, 2.24) is 0 Å². The molecule has 0 aliphatic heterocycles. The molecule has 0 saturated heterocycles. The molecule has 8 heteroatoms. The maximum atomic E-state index is 12.1. The summed E-state index contributed by atoms with van der Waals surface area (Å²) in [5.41, 5.74) is -1.28. The normalized spacial score (nSPS) is 15.7. The molecule has 0 bridgehead atoms. The van der Waals surface area contributed by atoms with Gasteiger partial charge in [-0.3, -0.25) is 4.57 Å². The Balaban J connectivity index is 0. The lowest BCUT2D eigenvalue weighted by atomic mass is 10.2. The van der Waals surface area contributed by atoms with Crippen molar-refractivity contribution in [3.8, 4) is 0 Å². The predicted octanol–water partition coefficient (Wildman–Crippen LogP) is 2.50. The number of alkyl halides is 3. The van der Waals surface area contributed by atoms with Gasteiger partial charge in [-0.15, -0.1) is 0 Å². The first kappa shape index (κ1) is 17.3. The van der Waals surface area contributed by atoms with Gasteiger partial charge in [0.15, 0.2) is 0 Å². The van der Waals surface area contributed by atoms with Crippen LogP contribution in [0.2, 0.25) is 0 Å². The molecule has 15 heavy (non-hydrogen) atoms. The van der Waals surface area contributed by atoms with Gasteiger partial charge < -0.3 is 14.5 Å². The Morgan fingerprint density at radius 3 is 1.60 bits per heavy atom. The summed E-state index contributed by atoms with van der Waals surface area (Å²) in [4.78, 5) is 16.9. The number of rotatable bonds is 2. The smallest absolute Gasteiger partial charge is 0.352 e. The van der Waals surface area contributed by atoms with E-state index in [9.17, 15) is 17.7 Å². The van der Waals surface area contributed by atoms with Crippen LogP contribution in [0.1, 0.15) is 28.2 Å². The minimum Gasteiger partial charge on any atom is -0.352 e. The first-order valence-corrected chi connectivity index (χ1v) is 5.32. The SMILES string of the molecule is C.CC(C)(C)OC(C(F)(F)F)P(=O)(O)O. The second kappa shape index (κ2) is 4.82. The van der Waals surface area contributed by atoms with Gasteiger partial charge in [-0.1, -0.05) is 7.43 Å². The maximum Gasteiger partial charge on any atom is 0.426 e. The molecule has 0 fully saturated rings. The van der Waals surface area contributed by atoms with Crippen LogP contribution in [0.5, 0.6) is 0 Å². The van der Waals surface area contributed by atoms with Crippen LogP contribution in [0.25, 0.3) is 0 Å². The molecule has 94 valence electrons. The average molecular weight is 252 g/mol. The van der Waals surface area contributed by atoms with Crippen molar-refractivity contribution in [2.24, 2.45) is 0 Å². The molecule has 0 aliphatic carbocycles. The standard InChI is InChI=1S/C6H12F3O4P.CH4/c1-5(2,3)13-4(6(7,8)9)14(10,11)12;/h4H,1-3H3,(H2,10,11,12);1H4. The van der Waals surface area contributed by atoms with E-state index in [1.165, 1.54) is 20.8 Å². The van der Waals surface area contributed by atoms with Crippen molar-refractivity contribution in [2.45, 2.75) is 45.8 Å².